The summed E-state index contributed by atoms with van der Waals surface area (Å²) < 4.78 is 105. The minimum Gasteiger partial charge on any atom is -0.413 e. The number of hydrogen-bond donors (Lipinski definition) is 0. The summed E-state index contributed by atoms with van der Waals surface area (Å²) in [4.78, 5) is 0. The molecule has 6 nitrogen and oxygen atoms in total. The Balaban J connectivity index is 4.00. The van der Waals surface area contributed by atoms with Gasteiger partial charge in [-0.1, -0.05) is 6.58 Å². The fourth-order valence-corrected chi connectivity index (χ4v) is 1.96. The molecule has 23 heavy (non-hydrogen) atoms. The molecule has 0 amide bonds. The van der Waals surface area contributed by atoms with Crippen molar-refractivity contribution in [2.75, 3.05) is 39.6 Å². The van der Waals surface area contributed by atoms with E-state index in [2.05, 4.69) is 29.6 Å². The highest BCUT2D eigenvalue weighted by molar-refractivity contribution is 7.48. The molecule has 0 unspecified atom stereocenters. The second kappa shape index (κ2) is 10.1. The van der Waals surface area contributed by atoms with E-state index in [-0.39, 0.29) is 0 Å². The van der Waals surface area contributed by atoms with Crippen molar-refractivity contribution in [1.29, 1.82) is 0 Å². The summed E-state index contributed by atoms with van der Waals surface area (Å²) in [6.07, 6.45) is -8.35. The van der Waals surface area contributed by atoms with Gasteiger partial charge in [0.15, 0.2) is 0 Å². The van der Waals surface area contributed by atoms with E-state index in [1.807, 2.05) is 0 Å². The average Bonchev–Trinajstić information content (AvgIpc) is 2.35. The highest BCUT2D eigenvalue weighted by Crippen LogP contribution is 2.49. The highest BCUT2D eigenvalue weighted by Gasteiger charge is 2.30. The lowest BCUT2D eigenvalue weighted by molar-refractivity contribution is -0.175. The van der Waals surface area contributed by atoms with Gasteiger partial charge in [-0.15, -0.1) is 0 Å². The van der Waals surface area contributed by atoms with E-state index in [4.69, 9.17) is 0 Å². The number of hydrogen-bond acceptors (Lipinski definition) is 6. The van der Waals surface area contributed by atoms with Crippen LogP contribution in [0, 0.1) is 0 Å². The molecule has 13 heteroatoms. The summed E-state index contributed by atoms with van der Waals surface area (Å²) in [5.74, 6) is 0. The number of phosphoric acid groups is 1. The number of alkyl halides is 6. The Labute approximate surface area is 127 Å². The summed E-state index contributed by atoms with van der Waals surface area (Å²) in [6.45, 7) is -2.20. The molecule has 0 atom stereocenters. The number of ether oxygens (including phenoxy) is 2. The molecule has 0 aromatic carbocycles. The maximum Gasteiger partial charge on any atom is 0.529 e. The van der Waals surface area contributed by atoms with Crippen LogP contribution in [0.15, 0.2) is 12.8 Å². The van der Waals surface area contributed by atoms with E-state index in [1.165, 1.54) is 0 Å². The third-order valence-electron chi connectivity index (χ3n) is 1.69. The SMILES string of the molecule is C=COP(=O)(OCCOCC(F)(F)F)OCCOCC(F)(F)F. The van der Waals surface area contributed by atoms with Gasteiger partial charge in [0.05, 0.1) is 32.7 Å². The zero-order valence-electron chi connectivity index (χ0n) is 11.7. The topological polar surface area (TPSA) is 63.2 Å². The van der Waals surface area contributed by atoms with Crippen molar-refractivity contribution in [2.45, 2.75) is 12.4 Å². The van der Waals surface area contributed by atoms with Gasteiger partial charge in [0.25, 0.3) is 0 Å². The molecule has 0 fully saturated rings. The molecule has 0 aliphatic rings. The van der Waals surface area contributed by atoms with Crippen molar-refractivity contribution in [3.8, 4) is 0 Å². The van der Waals surface area contributed by atoms with Crippen LogP contribution in [-0.4, -0.2) is 52.0 Å². The largest absolute Gasteiger partial charge is 0.529 e. The first kappa shape index (κ1) is 22.2. The molecule has 0 aliphatic heterocycles. The molecule has 0 heterocycles. The van der Waals surface area contributed by atoms with Gasteiger partial charge in [-0.3, -0.25) is 9.05 Å². The monoisotopic (exact) mass is 376 g/mol. The molecule has 0 aromatic rings. The van der Waals surface area contributed by atoms with Crippen molar-refractivity contribution >= 4 is 7.82 Å². The lowest BCUT2D eigenvalue weighted by Crippen LogP contribution is -2.19. The summed E-state index contributed by atoms with van der Waals surface area (Å²) in [5, 5.41) is 0. The minimum atomic E-state index is -4.52. The summed E-state index contributed by atoms with van der Waals surface area (Å²) in [5.41, 5.74) is 0. The van der Waals surface area contributed by atoms with Gasteiger partial charge in [0, 0.05) is 0 Å². The van der Waals surface area contributed by atoms with Crippen molar-refractivity contribution in [2.24, 2.45) is 0 Å². The van der Waals surface area contributed by atoms with Gasteiger partial charge < -0.3 is 14.0 Å². The zero-order chi connectivity index (χ0) is 18.0. The van der Waals surface area contributed by atoms with Crippen molar-refractivity contribution in [3.05, 3.63) is 12.8 Å². The summed E-state index contributed by atoms with van der Waals surface area (Å²) in [6, 6.07) is 0. The summed E-state index contributed by atoms with van der Waals surface area (Å²) >= 11 is 0. The predicted molar refractivity (Wildman–Crippen MR) is 64.5 cm³/mol. The molecule has 0 aliphatic carbocycles. The molecule has 0 spiro atoms. The summed E-state index contributed by atoms with van der Waals surface area (Å²) in [7, 11) is -4.22. The Hall–Kier alpha value is -0.810. The van der Waals surface area contributed by atoms with Gasteiger partial charge in [0.2, 0.25) is 0 Å². The molecule has 0 radical (unpaired) electrons. The lowest BCUT2D eigenvalue weighted by Gasteiger charge is -2.16. The van der Waals surface area contributed by atoms with Crippen LogP contribution < -0.4 is 0 Å². The second-order valence-electron chi connectivity index (χ2n) is 3.72. The Kier molecular flexibility index (Phi) is 9.78. The van der Waals surface area contributed by atoms with Crippen molar-refractivity contribution in [3.63, 3.8) is 0 Å². The van der Waals surface area contributed by atoms with Gasteiger partial charge in [-0.2, -0.15) is 26.3 Å². The first-order valence-electron chi connectivity index (χ1n) is 5.95. The minimum absolute atomic E-state index is 0.558. The first-order chi connectivity index (χ1) is 10.5. The van der Waals surface area contributed by atoms with Crippen LogP contribution in [0.3, 0.4) is 0 Å². The lowest BCUT2D eigenvalue weighted by atomic mass is 10.7. The average molecular weight is 376 g/mol. The number of phosphoric ester groups is 1. The first-order valence-corrected chi connectivity index (χ1v) is 7.41. The van der Waals surface area contributed by atoms with Gasteiger partial charge in [0.1, 0.15) is 13.2 Å². The number of halogens is 6. The van der Waals surface area contributed by atoms with Crippen LogP contribution in [-0.2, 0) is 27.6 Å². The molecular weight excluding hydrogens is 361 g/mol. The highest BCUT2D eigenvalue weighted by atomic mass is 31.2. The van der Waals surface area contributed by atoms with E-state index in [0.717, 1.165) is 0 Å². The molecule has 0 saturated carbocycles. The maximum absolute atomic E-state index is 11.8. The Bertz CT molecular complexity index is 357. The van der Waals surface area contributed by atoms with E-state index < -0.39 is 59.8 Å². The third-order valence-corrected chi connectivity index (χ3v) is 3.09. The van der Waals surface area contributed by atoms with Crippen molar-refractivity contribution in [1.82, 2.24) is 0 Å². The third kappa shape index (κ3) is 14.5. The molecule has 0 aromatic heterocycles. The van der Waals surface area contributed by atoms with Gasteiger partial charge in [-0.25, -0.2) is 4.57 Å². The van der Waals surface area contributed by atoms with Crippen LogP contribution >= 0.6 is 7.82 Å². The second-order valence-corrected chi connectivity index (χ2v) is 5.34. The maximum atomic E-state index is 11.8. The quantitative estimate of drug-likeness (QED) is 0.225. The Morgan fingerprint density at radius 1 is 0.826 bits per heavy atom. The predicted octanol–water partition coefficient (Wildman–Crippen LogP) is 3.45. The molecule has 0 bridgehead atoms. The fraction of sp³-hybridized carbons (Fsp3) is 0.800. The molecule has 0 N–H and O–H groups in total. The zero-order valence-corrected chi connectivity index (χ0v) is 12.6. The van der Waals surface area contributed by atoms with E-state index in [9.17, 15) is 30.9 Å². The Morgan fingerprint density at radius 3 is 1.52 bits per heavy atom. The van der Waals surface area contributed by atoms with E-state index in [1.54, 1.807) is 0 Å². The molecule has 138 valence electrons. The van der Waals surface area contributed by atoms with Crippen LogP contribution in [0.1, 0.15) is 0 Å². The van der Waals surface area contributed by atoms with Gasteiger partial charge >= 0.3 is 20.2 Å². The van der Waals surface area contributed by atoms with E-state index in [0.29, 0.717) is 6.26 Å². The smallest absolute Gasteiger partial charge is 0.413 e. The van der Waals surface area contributed by atoms with Crippen LogP contribution in [0.25, 0.3) is 0 Å². The molecular formula is C10H15F6O6P. The van der Waals surface area contributed by atoms with Crippen LogP contribution in [0.4, 0.5) is 26.3 Å². The number of rotatable bonds is 12. The van der Waals surface area contributed by atoms with Crippen molar-refractivity contribution < 1.29 is 54.0 Å². The Morgan fingerprint density at radius 2 is 1.22 bits per heavy atom. The normalized spacial score (nSPS) is 13.1. The standard InChI is InChI=1S/C10H15F6O6P/c1-2-20-23(17,21-5-3-18-7-9(11,12)13)22-6-4-19-8-10(14,15)16/h2H,1,3-8H2. The van der Waals surface area contributed by atoms with Gasteiger partial charge in [-0.05, 0) is 0 Å². The van der Waals surface area contributed by atoms with Crippen LogP contribution in [0.5, 0.6) is 0 Å². The van der Waals surface area contributed by atoms with Crippen LogP contribution in [0.2, 0.25) is 0 Å². The van der Waals surface area contributed by atoms with E-state index >= 15 is 0 Å². The fourth-order valence-electron chi connectivity index (χ4n) is 0.981. The molecule has 0 saturated heterocycles. The molecule has 0 rings (SSSR count).